The van der Waals surface area contributed by atoms with E-state index in [1.807, 2.05) is 11.4 Å². The molecular formula is C16H24N2O2S. The van der Waals surface area contributed by atoms with E-state index in [-0.39, 0.29) is 23.7 Å². The number of Topliss-reactive ketones (excluding diaryl/α,β-unsaturated/α-hetero) is 1. The quantitative estimate of drug-likeness (QED) is 0.788. The third-order valence-electron chi connectivity index (χ3n) is 4.15. The molecule has 1 N–H and O–H groups in total. The van der Waals surface area contributed by atoms with Crippen LogP contribution in [0.2, 0.25) is 0 Å². The molecule has 0 spiro atoms. The summed E-state index contributed by atoms with van der Waals surface area (Å²) in [4.78, 5) is 26.7. The zero-order chi connectivity index (χ0) is 15.3. The Bertz CT molecular complexity index is 482. The second-order valence-electron chi connectivity index (χ2n) is 6.15. The van der Waals surface area contributed by atoms with Gasteiger partial charge in [0.1, 0.15) is 0 Å². The average molecular weight is 308 g/mol. The maximum absolute atomic E-state index is 11.8. The summed E-state index contributed by atoms with van der Waals surface area (Å²) in [5.74, 6) is 0.0257. The minimum Gasteiger partial charge on any atom is -0.355 e. The first kappa shape index (κ1) is 16.2. The van der Waals surface area contributed by atoms with Gasteiger partial charge in [-0.05, 0) is 44.7 Å². The van der Waals surface area contributed by atoms with E-state index in [9.17, 15) is 9.59 Å². The molecule has 0 aliphatic carbocycles. The van der Waals surface area contributed by atoms with Crippen LogP contribution in [-0.4, -0.2) is 41.8 Å². The van der Waals surface area contributed by atoms with Gasteiger partial charge in [0.15, 0.2) is 5.78 Å². The minimum absolute atomic E-state index is 0.0306. The van der Waals surface area contributed by atoms with E-state index in [1.54, 1.807) is 6.07 Å². The van der Waals surface area contributed by atoms with Crippen molar-refractivity contribution in [2.24, 2.45) is 0 Å². The lowest BCUT2D eigenvalue weighted by Crippen LogP contribution is -2.43. The highest BCUT2D eigenvalue weighted by Gasteiger charge is 2.31. The molecule has 1 aliphatic heterocycles. The van der Waals surface area contributed by atoms with Gasteiger partial charge in [0, 0.05) is 31.5 Å². The molecule has 1 aliphatic rings. The number of rotatable bonds is 7. The number of hydrogen-bond acceptors (Lipinski definition) is 4. The highest BCUT2D eigenvalue weighted by atomic mass is 32.1. The van der Waals surface area contributed by atoms with Crippen LogP contribution in [0.25, 0.3) is 0 Å². The first-order valence-electron chi connectivity index (χ1n) is 7.57. The lowest BCUT2D eigenvalue weighted by Gasteiger charge is -2.31. The number of nitrogens with one attached hydrogen (secondary N) is 1. The van der Waals surface area contributed by atoms with E-state index in [0.717, 1.165) is 18.0 Å². The van der Waals surface area contributed by atoms with Crippen LogP contribution in [0.4, 0.5) is 0 Å². The summed E-state index contributed by atoms with van der Waals surface area (Å²) in [6, 6.07) is 3.66. The molecule has 2 heterocycles. The SMILES string of the molecule is CC1(C)CCCN1CCNC(=O)CCC(=O)c1cccs1. The summed E-state index contributed by atoms with van der Waals surface area (Å²) >= 11 is 1.43. The molecule has 1 aromatic rings. The van der Waals surface area contributed by atoms with E-state index in [0.29, 0.717) is 13.0 Å². The monoisotopic (exact) mass is 308 g/mol. The Hall–Kier alpha value is -1.20. The fraction of sp³-hybridized carbons (Fsp3) is 0.625. The van der Waals surface area contributed by atoms with Gasteiger partial charge in [-0.3, -0.25) is 14.5 Å². The Kier molecular flexibility index (Phi) is 5.53. The minimum atomic E-state index is -0.0306. The van der Waals surface area contributed by atoms with E-state index in [1.165, 1.54) is 24.2 Å². The molecule has 1 fully saturated rings. The number of carbonyl (C=O) groups is 2. The Balaban J connectivity index is 1.63. The van der Waals surface area contributed by atoms with Crippen molar-refractivity contribution in [3.05, 3.63) is 22.4 Å². The van der Waals surface area contributed by atoms with Crippen LogP contribution in [-0.2, 0) is 4.79 Å². The van der Waals surface area contributed by atoms with Crippen LogP contribution >= 0.6 is 11.3 Å². The van der Waals surface area contributed by atoms with Crippen LogP contribution in [0, 0.1) is 0 Å². The summed E-state index contributed by atoms with van der Waals surface area (Å²) in [5, 5.41) is 4.80. The molecule has 0 atom stereocenters. The van der Waals surface area contributed by atoms with Crippen molar-refractivity contribution < 1.29 is 9.59 Å². The molecule has 1 aromatic heterocycles. The molecular weight excluding hydrogens is 284 g/mol. The van der Waals surface area contributed by atoms with Crippen LogP contribution in [0.1, 0.15) is 49.2 Å². The summed E-state index contributed by atoms with van der Waals surface area (Å²) in [6.07, 6.45) is 3.02. The van der Waals surface area contributed by atoms with Gasteiger partial charge in [0.05, 0.1) is 4.88 Å². The normalized spacial score (nSPS) is 17.8. The Morgan fingerprint density at radius 3 is 2.81 bits per heavy atom. The van der Waals surface area contributed by atoms with Crippen LogP contribution in [0.3, 0.4) is 0 Å². The predicted octanol–water partition coefficient (Wildman–Crippen LogP) is 2.70. The van der Waals surface area contributed by atoms with Crippen molar-refractivity contribution >= 4 is 23.0 Å². The van der Waals surface area contributed by atoms with Gasteiger partial charge in [-0.1, -0.05) is 6.07 Å². The topological polar surface area (TPSA) is 49.4 Å². The van der Waals surface area contributed by atoms with Gasteiger partial charge in [-0.25, -0.2) is 0 Å². The average Bonchev–Trinajstić information content (AvgIpc) is 3.06. The van der Waals surface area contributed by atoms with Crippen molar-refractivity contribution in [2.75, 3.05) is 19.6 Å². The Labute approximate surface area is 130 Å². The summed E-state index contributed by atoms with van der Waals surface area (Å²) in [6.45, 7) is 7.16. The zero-order valence-electron chi connectivity index (χ0n) is 12.9. The number of amides is 1. The van der Waals surface area contributed by atoms with Gasteiger partial charge in [0.25, 0.3) is 0 Å². The van der Waals surface area contributed by atoms with E-state index < -0.39 is 0 Å². The number of ketones is 1. The van der Waals surface area contributed by atoms with Crippen molar-refractivity contribution in [2.45, 2.75) is 45.1 Å². The molecule has 4 nitrogen and oxygen atoms in total. The second-order valence-corrected chi connectivity index (χ2v) is 7.10. The number of carbonyl (C=O) groups excluding carboxylic acids is 2. The molecule has 2 rings (SSSR count). The molecule has 0 bridgehead atoms. The van der Waals surface area contributed by atoms with Gasteiger partial charge in [-0.2, -0.15) is 0 Å². The molecule has 0 saturated carbocycles. The first-order chi connectivity index (χ1) is 9.99. The van der Waals surface area contributed by atoms with Gasteiger partial charge < -0.3 is 5.32 Å². The Morgan fingerprint density at radius 2 is 2.19 bits per heavy atom. The lowest BCUT2D eigenvalue weighted by atomic mass is 10.0. The summed E-state index contributed by atoms with van der Waals surface area (Å²) in [7, 11) is 0. The lowest BCUT2D eigenvalue weighted by molar-refractivity contribution is -0.121. The first-order valence-corrected chi connectivity index (χ1v) is 8.45. The number of thiophene rings is 1. The number of nitrogens with zero attached hydrogens (tertiary/aromatic N) is 1. The molecule has 5 heteroatoms. The molecule has 0 radical (unpaired) electrons. The smallest absolute Gasteiger partial charge is 0.220 e. The maximum Gasteiger partial charge on any atom is 0.220 e. The fourth-order valence-corrected chi connectivity index (χ4v) is 3.48. The number of likely N-dealkylation sites (tertiary alicyclic amines) is 1. The van der Waals surface area contributed by atoms with Crippen LogP contribution in [0.5, 0.6) is 0 Å². The largest absolute Gasteiger partial charge is 0.355 e. The predicted molar refractivity (Wildman–Crippen MR) is 85.8 cm³/mol. The highest BCUT2D eigenvalue weighted by molar-refractivity contribution is 7.12. The maximum atomic E-state index is 11.8. The molecule has 1 amide bonds. The van der Waals surface area contributed by atoms with Crippen LogP contribution in [0.15, 0.2) is 17.5 Å². The van der Waals surface area contributed by atoms with Crippen molar-refractivity contribution in [1.82, 2.24) is 10.2 Å². The summed E-state index contributed by atoms with van der Waals surface area (Å²) in [5.41, 5.74) is 0.250. The van der Waals surface area contributed by atoms with Gasteiger partial charge in [-0.15, -0.1) is 11.3 Å². The van der Waals surface area contributed by atoms with E-state index in [2.05, 4.69) is 24.1 Å². The third-order valence-corrected chi connectivity index (χ3v) is 5.06. The highest BCUT2D eigenvalue weighted by Crippen LogP contribution is 2.27. The number of hydrogen-bond donors (Lipinski definition) is 1. The van der Waals surface area contributed by atoms with Crippen molar-refractivity contribution in [3.63, 3.8) is 0 Å². The molecule has 0 unspecified atom stereocenters. The molecule has 21 heavy (non-hydrogen) atoms. The van der Waals surface area contributed by atoms with Gasteiger partial charge >= 0.3 is 0 Å². The molecule has 0 aromatic carbocycles. The standard InChI is InChI=1S/C16H24N2O2S/c1-16(2)8-4-10-18(16)11-9-17-15(20)7-6-13(19)14-5-3-12-21-14/h3,5,12H,4,6-11H2,1-2H3,(H,17,20). The van der Waals surface area contributed by atoms with Crippen LogP contribution < -0.4 is 5.32 Å². The molecule has 1 saturated heterocycles. The zero-order valence-corrected chi connectivity index (χ0v) is 13.7. The second kappa shape index (κ2) is 7.18. The third kappa shape index (κ3) is 4.64. The summed E-state index contributed by atoms with van der Waals surface area (Å²) < 4.78 is 0. The van der Waals surface area contributed by atoms with Crippen molar-refractivity contribution in [3.8, 4) is 0 Å². The molecule has 116 valence electrons. The van der Waals surface area contributed by atoms with E-state index in [4.69, 9.17) is 0 Å². The fourth-order valence-electron chi connectivity index (χ4n) is 2.78. The Morgan fingerprint density at radius 1 is 1.38 bits per heavy atom. The van der Waals surface area contributed by atoms with Crippen molar-refractivity contribution in [1.29, 1.82) is 0 Å². The van der Waals surface area contributed by atoms with Gasteiger partial charge in [0.2, 0.25) is 5.91 Å². The van der Waals surface area contributed by atoms with E-state index >= 15 is 0 Å².